The second-order valence-electron chi connectivity index (χ2n) is 10.9. The lowest BCUT2D eigenvalue weighted by molar-refractivity contribution is 0.0780. The number of hydrogen-bond acceptors (Lipinski definition) is 5. The highest BCUT2D eigenvalue weighted by molar-refractivity contribution is 7.91. The van der Waals surface area contributed by atoms with E-state index in [2.05, 4.69) is 5.32 Å². The molecule has 0 bridgehead atoms. The van der Waals surface area contributed by atoms with Gasteiger partial charge in [0.1, 0.15) is 11.6 Å². The molecule has 2 aromatic carbocycles. The number of nitrogens with one attached hydrogen (secondary N) is 1. The molecule has 35 heavy (non-hydrogen) atoms. The number of anilines is 1. The Kier molecular flexibility index (Phi) is 8.60. The van der Waals surface area contributed by atoms with E-state index in [9.17, 15) is 22.3 Å². The number of aryl methyl sites for hydroxylation is 1. The van der Waals surface area contributed by atoms with Crippen LogP contribution in [-0.4, -0.2) is 37.2 Å². The van der Waals surface area contributed by atoms with Crippen molar-refractivity contribution in [3.8, 4) is 0 Å². The van der Waals surface area contributed by atoms with E-state index in [0.29, 0.717) is 23.1 Å². The SMILES string of the molecule is CCCCc1cc(C[C@@H]2CS(=O)(=O)C[C@H](NCc3cc(F)cc(C(C)(C)C)c3)[C@H]2O)cc(F)c1N. The summed E-state index contributed by atoms with van der Waals surface area (Å²) in [6.07, 6.45) is 1.74. The topological polar surface area (TPSA) is 92.4 Å². The van der Waals surface area contributed by atoms with Gasteiger partial charge in [-0.25, -0.2) is 17.2 Å². The fourth-order valence-electron chi connectivity index (χ4n) is 4.72. The average Bonchev–Trinajstić information content (AvgIpc) is 2.75. The van der Waals surface area contributed by atoms with E-state index in [1.54, 1.807) is 0 Å². The number of aliphatic hydroxyl groups excluding tert-OH is 1. The van der Waals surface area contributed by atoms with Gasteiger partial charge in [0.2, 0.25) is 0 Å². The van der Waals surface area contributed by atoms with Gasteiger partial charge in [0.15, 0.2) is 9.84 Å². The van der Waals surface area contributed by atoms with Crippen molar-refractivity contribution in [1.29, 1.82) is 0 Å². The lowest BCUT2D eigenvalue weighted by Gasteiger charge is -2.35. The zero-order valence-corrected chi connectivity index (χ0v) is 21.9. The summed E-state index contributed by atoms with van der Waals surface area (Å²) in [5, 5.41) is 14.2. The summed E-state index contributed by atoms with van der Waals surface area (Å²) in [6.45, 7) is 8.25. The molecule has 8 heteroatoms. The average molecular weight is 509 g/mol. The van der Waals surface area contributed by atoms with Gasteiger partial charge < -0.3 is 16.2 Å². The molecule has 0 saturated carbocycles. The van der Waals surface area contributed by atoms with Crippen molar-refractivity contribution in [3.05, 3.63) is 64.2 Å². The summed E-state index contributed by atoms with van der Waals surface area (Å²) in [5.74, 6) is -1.84. The second-order valence-corrected chi connectivity index (χ2v) is 13.0. The number of nitrogen functional groups attached to an aromatic ring is 1. The minimum absolute atomic E-state index is 0.128. The molecule has 0 spiro atoms. The molecule has 1 aliphatic heterocycles. The van der Waals surface area contributed by atoms with E-state index < -0.39 is 33.7 Å². The van der Waals surface area contributed by atoms with Crippen molar-refractivity contribution < 1.29 is 22.3 Å². The van der Waals surface area contributed by atoms with Crippen LogP contribution in [-0.2, 0) is 34.6 Å². The van der Waals surface area contributed by atoms with Crippen molar-refractivity contribution in [3.63, 3.8) is 0 Å². The van der Waals surface area contributed by atoms with Crippen LogP contribution in [0.15, 0.2) is 30.3 Å². The number of aliphatic hydroxyl groups is 1. The van der Waals surface area contributed by atoms with Gasteiger partial charge in [0.25, 0.3) is 0 Å². The second kappa shape index (κ2) is 10.9. The fraction of sp³-hybridized carbons (Fsp3) is 0.556. The summed E-state index contributed by atoms with van der Waals surface area (Å²) < 4.78 is 54.0. The molecule has 0 radical (unpaired) electrons. The predicted molar refractivity (Wildman–Crippen MR) is 137 cm³/mol. The first-order valence-electron chi connectivity index (χ1n) is 12.3. The molecule has 1 aliphatic rings. The first kappa shape index (κ1) is 27.6. The standard InChI is InChI=1S/C27H38F2N2O3S/c1-5-6-7-19-8-17(12-23(29)25(19)30)9-20-15-35(33,34)16-24(26(20)32)31-14-18-10-21(27(2,3)4)13-22(28)11-18/h8,10-13,20,24,26,31-32H,5-7,9,14-16,30H2,1-4H3/t20-,24+,26+/m1/s1. The van der Waals surface area contributed by atoms with Crippen LogP contribution in [0.25, 0.3) is 0 Å². The van der Waals surface area contributed by atoms with E-state index in [-0.39, 0.29) is 41.4 Å². The molecule has 1 saturated heterocycles. The quantitative estimate of drug-likeness (QED) is 0.463. The molecule has 3 atom stereocenters. The smallest absolute Gasteiger partial charge is 0.152 e. The first-order valence-corrected chi connectivity index (χ1v) is 14.1. The number of unbranched alkanes of at least 4 members (excludes halogenated alkanes) is 1. The van der Waals surface area contributed by atoms with Gasteiger partial charge in [0, 0.05) is 18.5 Å². The molecule has 5 nitrogen and oxygen atoms in total. The summed E-state index contributed by atoms with van der Waals surface area (Å²) in [4.78, 5) is 0. The van der Waals surface area contributed by atoms with E-state index in [1.807, 2.05) is 39.8 Å². The summed E-state index contributed by atoms with van der Waals surface area (Å²) in [5.41, 5.74) is 8.66. The maximum Gasteiger partial charge on any atom is 0.152 e. The third-order valence-corrected chi connectivity index (χ3v) is 8.56. The van der Waals surface area contributed by atoms with Crippen LogP contribution in [0.5, 0.6) is 0 Å². The fourth-order valence-corrected chi connectivity index (χ4v) is 6.68. The van der Waals surface area contributed by atoms with E-state index >= 15 is 0 Å². The Bertz CT molecular complexity index is 1150. The van der Waals surface area contributed by atoms with Crippen LogP contribution in [0.3, 0.4) is 0 Å². The summed E-state index contributed by atoms with van der Waals surface area (Å²) >= 11 is 0. The van der Waals surface area contributed by atoms with Gasteiger partial charge in [-0.1, -0.05) is 46.2 Å². The highest BCUT2D eigenvalue weighted by Gasteiger charge is 2.39. The Labute approximate surface area is 208 Å². The van der Waals surface area contributed by atoms with Crippen LogP contribution in [0.1, 0.15) is 62.8 Å². The van der Waals surface area contributed by atoms with Crippen molar-refractivity contribution in [2.75, 3.05) is 17.2 Å². The molecule has 4 N–H and O–H groups in total. The third-order valence-electron chi connectivity index (χ3n) is 6.76. The highest BCUT2D eigenvalue weighted by atomic mass is 32.2. The zero-order chi connectivity index (χ0) is 26.0. The van der Waals surface area contributed by atoms with Crippen molar-refractivity contribution in [2.24, 2.45) is 5.92 Å². The molecule has 0 aliphatic carbocycles. The van der Waals surface area contributed by atoms with Crippen LogP contribution in [0, 0.1) is 17.6 Å². The number of nitrogens with two attached hydrogens (primary N) is 1. The van der Waals surface area contributed by atoms with Gasteiger partial charge in [-0.05, 0) is 65.1 Å². The predicted octanol–water partition coefficient (Wildman–Crippen LogP) is 4.29. The van der Waals surface area contributed by atoms with Crippen LogP contribution >= 0.6 is 0 Å². The van der Waals surface area contributed by atoms with Crippen molar-refractivity contribution in [2.45, 2.75) is 77.5 Å². The van der Waals surface area contributed by atoms with Gasteiger partial charge in [-0.2, -0.15) is 0 Å². The Morgan fingerprint density at radius 1 is 1.09 bits per heavy atom. The van der Waals surface area contributed by atoms with Gasteiger partial charge >= 0.3 is 0 Å². The Morgan fingerprint density at radius 2 is 1.80 bits per heavy atom. The highest BCUT2D eigenvalue weighted by Crippen LogP contribution is 2.28. The molecule has 0 amide bonds. The molecular weight excluding hydrogens is 470 g/mol. The van der Waals surface area contributed by atoms with Crippen LogP contribution < -0.4 is 11.1 Å². The summed E-state index contributed by atoms with van der Waals surface area (Å²) in [6, 6.07) is 7.26. The van der Waals surface area contributed by atoms with Crippen LogP contribution in [0.2, 0.25) is 0 Å². The normalized spacial score (nSPS) is 22.3. The molecule has 0 unspecified atom stereocenters. The molecule has 194 valence electrons. The minimum Gasteiger partial charge on any atom is -0.396 e. The third kappa shape index (κ3) is 7.24. The number of rotatable bonds is 8. The van der Waals surface area contributed by atoms with E-state index in [1.165, 1.54) is 18.2 Å². The number of sulfone groups is 1. The Hall–Kier alpha value is -2.03. The van der Waals surface area contributed by atoms with Crippen LogP contribution in [0.4, 0.5) is 14.5 Å². The maximum absolute atomic E-state index is 14.5. The largest absolute Gasteiger partial charge is 0.396 e. The molecule has 3 rings (SSSR count). The molecule has 1 heterocycles. The van der Waals surface area contributed by atoms with Gasteiger partial charge in [0.05, 0.1) is 23.3 Å². The van der Waals surface area contributed by atoms with E-state index in [4.69, 9.17) is 5.73 Å². The molecular formula is C27H38F2N2O3S. The van der Waals surface area contributed by atoms with Crippen molar-refractivity contribution in [1.82, 2.24) is 5.32 Å². The monoisotopic (exact) mass is 508 g/mol. The molecule has 1 fully saturated rings. The molecule has 0 aromatic heterocycles. The minimum atomic E-state index is -3.44. The van der Waals surface area contributed by atoms with Gasteiger partial charge in [-0.15, -0.1) is 0 Å². The number of hydrogen-bond donors (Lipinski definition) is 3. The van der Waals surface area contributed by atoms with E-state index in [0.717, 1.165) is 18.4 Å². The Morgan fingerprint density at radius 3 is 2.46 bits per heavy atom. The Balaban J connectivity index is 1.77. The van der Waals surface area contributed by atoms with Gasteiger partial charge in [-0.3, -0.25) is 0 Å². The molecule has 2 aromatic rings. The number of benzene rings is 2. The lowest BCUT2D eigenvalue weighted by Crippen LogP contribution is -2.54. The zero-order valence-electron chi connectivity index (χ0n) is 21.1. The van der Waals surface area contributed by atoms with Crippen molar-refractivity contribution >= 4 is 15.5 Å². The maximum atomic E-state index is 14.5. The number of halogens is 2. The first-order chi connectivity index (χ1) is 16.3. The lowest BCUT2D eigenvalue weighted by atomic mass is 9.86. The summed E-state index contributed by atoms with van der Waals surface area (Å²) in [7, 11) is -3.44.